The highest BCUT2D eigenvalue weighted by atomic mass is 16.5. The predicted octanol–water partition coefficient (Wildman–Crippen LogP) is 2.06. The molecule has 0 spiro atoms. The van der Waals surface area contributed by atoms with E-state index in [1.165, 1.54) is 0 Å². The number of rotatable bonds is 7. The number of aromatic nitrogens is 2. The summed E-state index contributed by atoms with van der Waals surface area (Å²) < 4.78 is 10.5. The van der Waals surface area contributed by atoms with Crippen molar-refractivity contribution in [2.75, 3.05) is 7.11 Å². The minimum atomic E-state index is -0.0541. The van der Waals surface area contributed by atoms with Crippen LogP contribution in [0, 0.1) is 0 Å². The molecule has 0 saturated heterocycles. The van der Waals surface area contributed by atoms with Gasteiger partial charge in [0.05, 0.1) is 6.54 Å². The van der Waals surface area contributed by atoms with Crippen LogP contribution in [0.5, 0.6) is 0 Å². The number of methoxy groups -OCH3 is 1. The molecule has 0 aliphatic rings. The second kappa shape index (κ2) is 6.60. The van der Waals surface area contributed by atoms with E-state index in [1.54, 1.807) is 7.11 Å². The fraction of sp³-hybridized carbons (Fsp3) is 0.818. The summed E-state index contributed by atoms with van der Waals surface area (Å²) in [7, 11) is 1.67. The normalized spacial score (nSPS) is 13.3. The molecule has 1 aromatic heterocycles. The molecule has 1 N–H and O–H groups in total. The van der Waals surface area contributed by atoms with Crippen LogP contribution in [0.4, 0.5) is 0 Å². The van der Waals surface area contributed by atoms with Gasteiger partial charge in [-0.1, -0.05) is 32.3 Å². The molecule has 0 aromatic carbocycles. The third-order valence-corrected chi connectivity index (χ3v) is 2.27. The zero-order chi connectivity index (χ0) is 12.0. The van der Waals surface area contributed by atoms with Crippen molar-refractivity contribution in [3.05, 3.63) is 11.7 Å². The van der Waals surface area contributed by atoms with Crippen molar-refractivity contribution >= 4 is 0 Å². The van der Waals surface area contributed by atoms with E-state index in [2.05, 4.69) is 36.2 Å². The molecule has 0 amide bonds. The SMILES string of the molecule is CCCC(OC)c1noc(CNC(C)C)n1. The van der Waals surface area contributed by atoms with Crippen LogP contribution < -0.4 is 5.32 Å². The molecule has 0 bridgehead atoms. The Morgan fingerprint density at radius 1 is 1.44 bits per heavy atom. The molecule has 0 saturated carbocycles. The van der Waals surface area contributed by atoms with Gasteiger partial charge in [-0.15, -0.1) is 0 Å². The lowest BCUT2D eigenvalue weighted by atomic mass is 10.2. The third kappa shape index (κ3) is 3.90. The van der Waals surface area contributed by atoms with Crippen LogP contribution in [0.1, 0.15) is 51.4 Å². The van der Waals surface area contributed by atoms with E-state index in [0.29, 0.717) is 24.3 Å². The molecule has 1 heterocycles. The van der Waals surface area contributed by atoms with Crippen molar-refractivity contribution in [2.45, 2.75) is 52.3 Å². The average molecular weight is 227 g/mol. The molecule has 5 nitrogen and oxygen atoms in total. The van der Waals surface area contributed by atoms with E-state index in [-0.39, 0.29) is 6.10 Å². The van der Waals surface area contributed by atoms with Crippen molar-refractivity contribution in [1.82, 2.24) is 15.5 Å². The summed E-state index contributed by atoms with van der Waals surface area (Å²) in [6, 6.07) is 0.407. The summed E-state index contributed by atoms with van der Waals surface area (Å²) in [5.74, 6) is 1.26. The monoisotopic (exact) mass is 227 g/mol. The summed E-state index contributed by atoms with van der Waals surface area (Å²) in [5.41, 5.74) is 0. The second-order valence-corrected chi connectivity index (χ2v) is 4.09. The largest absolute Gasteiger partial charge is 0.373 e. The van der Waals surface area contributed by atoms with Gasteiger partial charge < -0.3 is 14.6 Å². The topological polar surface area (TPSA) is 60.2 Å². The Bertz CT molecular complexity index is 299. The highest BCUT2D eigenvalue weighted by molar-refractivity contribution is 4.91. The lowest BCUT2D eigenvalue weighted by molar-refractivity contribution is 0.0854. The van der Waals surface area contributed by atoms with Crippen molar-refractivity contribution in [2.24, 2.45) is 0 Å². The van der Waals surface area contributed by atoms with Gasteiger partial charge in [0.1, 0.15) is 6.10 Å². The molecule has 0 aliphatic carbocycles. The summed E-state index contributed by atoms with van der Waals surface area (Å²) >= 11 is 0. The van der Waals surface area contributed by atoms with Gasteiger partial charge in [0.15, 0.2) is 0 Å². The van der Waals surface area contributed by atoms with Gasteiger partial charge in [0.2, 0.25) is 11.7 Å². The molecule has 0 radical (unpaired) electrons. The predicted molar refractivity (Wildman–Crippen MR) is 60.9 cm³/mol. The maximum absolute atomic E-state index is 5.31. The van der Waals surface area contributed by atoms with Crippen molar-refractivity contribution in [3.63, 3.8) is 0 Å². The van der Waals surface area contributed by atoms with Crippen LogP contribution in [0.2, 0.25) is 0 Å². The maximum Gasteiger partial charge on any atom is 0.240 e. The zero-order valence-corrected chi connectivity index (χ0v) is 10.5. The van der Waals surface area contributed by atoms with Gasteiger partial charge in [-0.2, -0.15) is 4.98 Å². The number of hydrogen-bond acceptors (Lipinski definition) is 5. The Hall–Kier alpha value is -0.940. The van der Waals surface area contributed by atoms with Gasteiger partial charge in [0.25, 0.3) is 0 Å². The molecule has 5 heteroatoms. The van der Waals surface area contributed by atoms with Crippen LogP contribution in [0.25, 0.3) is 0 Å². The Morgan fingerprint density at radius 3 is 2.75 bits per heavy atom. The van der Waals surface area contributed by atoms with Gasteiger partial charge in [-0.3, -0.25) is 0 Å². The Kier molecular flexibility index (Phi) is 5.42. The van der Waals surface area contributed by atoms with Gasteiger partial charge >= 0.3 is 0 Å². The van der Waals surface area contributed by atoms with Crippen LogP contribution in [-0.2, 0) is 11.3 Å². The lowest BCUT2D eigenvalue weighted by Crippen LogP contribution is -2.22. The maximum atomic E-state index is 5.31. The molecule has 1 rings (SSSR count). The van der Waals surface area contributed by atoms with Crippen molar-refractivity contribution in [1.29, 1.82) is 0 Å². The first-order chi connectivity index (χ1) is 7.67. The van der Waals surface area contributed by atoms with Crippen LogP contribution >= 0.6 is 0 Å². The van der Waals surface area contributed by atoms with E-state index >= 15 is 0 Å². The molecular formula is C11H21N3O2. The smallest absolute Gasteiger partial charge is 0.240 e. The minimum Gasteiger partial charge on any atom is -0.373 e. The summed E-state index contributed by atoms with van der Waals surface area (Å²) in [5, 5.41) is 7.16. The van der Waals surface area contributed by atoms with Gasteiger partial charge in [-0.05, 0) is 6.42 Å². The van der Waals surface area contributed by atoms with Crippen LogP contribution in [0.3, 0.4) is 0 Å². The number of nitrogens with zero attached hydrogens (tertiary/aromatic N) is 2. The highest BCUT2D eigenvalue weighted by Gasteiger charge is 2.16. The summed E-state index contributed by atoms with van der Waals surface area (Å²) in [6.45, 7) is 6.86. The van der Waals surface area contributed by atoms with Crippen LogP contribution in [-0.4, -0.2) is 23.3 Å². The molecule has 0 fully saturated rings. The molecular weight excluding hydrogens is 206 g/mol. The Labute approximate surface area is 96.6 Å². The Balaban J connectivity index is 2.55. The molecule has 1 atom stereocenters. The first kappa shape index (κ1) is 13.1. The first-order valence-corrected chi connectivity index (χ1v) is 5.76. The third-order valence-electron chi connectivity index (χ3n) is 2.27. The molecule has 92 valence electrons. The number of nitrogens with one attached hydrogen (secondary N) is 1. The zero-order valence-electron chi connectivity index (χ0n) is 10.5. The number of ether oxygens (including phenoxy) is 1. The fourth-order valence-corrected chi connectivity index (χ4v) is 1.38. The first-order valence-electron chi connectivity index (χ1n) is 5.76. The highest BCUT2D eigenvalue weighted by Crippen LogP contribution is 2.18. The Morgan fingerprint density at radius 2 is 2.19 bits per heavy atom. The number of hydrogen-bond donors (Lipinski definition) is 1. The van der Waals surface area contributed by atoms with Gasteiger partial charge in [0, 0.05) is 13.2 Å². The molecule has 1 aromatic rings. The second-order valence-electron chi connectivity index (χ2n) is 4.09. The molecule has 0 aliphatic heterocycles. The average Bonchev–Trinajstić information content (AvgIpc) is 2.71. The lowest BCUT2D eigenvalue weighted by Gasteiger charge is -2.08. The van der Waals surface area contributed by atoms with Crippen molar-refractivity contribution in [3.8, 4) is 0 Å². The van der Waals surface area contributed by atoms with Crippen LogP contribution in [0.15, 0.2) is 4.52 Å². The quantitative estimate of drug-likeness (QED) is 0.772. The van der Waals surface area contributed by atoms with E-state index in [1.807, 2.05) is 0 Å². The van der Waals surface area contributed by atoms with E-state index < -0.39 is 0 Å². The van der Waals surface area contributed by atoms with E-state index in [9.17, 15) is 0 Å². The standard InChI is InChI=1S/C11H21N3O2/c1-5-6-9(15-4)11-13-10(16-14-11)7-12-8(2)3/h8-9,12H,5-7H2,1-4H3. The fourth-order valence-electron chi connectivity index (χ4n) is 1.38. The summed E-state index contributed by atoms with van der Waals surface area (Å²) in [6.07, 6.45) is 1.89. The van der Waals surface area contributed by atoms with E-state index in [0.717, 1.165) is 12.8 Å². The van der Waals surface area contributed by atoms with Crippen molar-refractivity contribution < 1.29 is 9.26 Å². The summed E-state index contributed by atoms with van der Waals surface area (Å²) in [4.78, 5) is 4.31. The van der Waals surface area contributed by atoms with Gasteiger partial charge in [-0.25, -0.2) is 0 Å². The van der Waals surface area contributed by atoms with E-state index in [4.69, 9.17) is 9.26 Å². The minimum absolute atomic E-state index is 0.0541. The molecule has 16 heavy (non-hydrogen) atoms. The molecule has 1 unspecified atom stereocenters.